The van der Waals surface area contributed by atoms with E-state index in [1.807, 2.05) is 12.4 Å². The summed E-state index contributed by atoms with van der Waals surface area (Å²) >= 11 is 1.65. The molecule has 83 valence electrons. The van der Waals surface area contributed by atoms with Crippen LogP contribution in [-0.2, 0) is 11.5 Å². The van der Waals surface area contributed by atoms with Gasteiger partial charge >= 0.3 is 0 Å². The summed E-state index contributed by atoms with van der Waals surface area (Å²) in [6.45, 7) is 2.16. The summed E-state index contributed by atoms with van der Waals surface area (Å²) in [7, 11) is 0. The fraction of sp³-hybridized carbons (Fsp3) is 0.636. The Morgan fingerprint density at radius 3 is 2.60 bits per heavy atom. The van der Waals surface area contributed by atoms with Gasteiger partial charge in [-0.25, -0.2) is 15.1 Å². The van der Waals surface area contributed by atoms with Gasteiger partial charge in [0.2, 0.25) is 0 Å². The van der Waals surface area contributed by atoms with Crippen LogP contribution < -0.4 is 0 Å². The number of nitrogens with zero attached hydrogens (tertiary/aromatic N) is 2. The van der Waals surface area contributed by atoms with Crippen LogP contribution in [0.25, 0.3) is 0 Å². The highest BCUT2D eigenvalue weighted by atomic mass is 32.2. The van der Waals surface area contributed by atoms with Gasteiger partial charge in [0.25, 0.3) is 0 Å². The average molecular weight is 225 g/mol. The minimum absolute atomic E-state index is 0.00242. The van der Waals surface area contributed by atoms with Crippen LogP contribution in [0.4, 0.5) is 0 Å². The standard InChI is InChI=1S/C11H17N2OS/c1-2-3-5-11-12-8-10(9-13-11)15-7-4-6-14/h8-9H,2-7H2,1H3. The lowest BCUT2D eigenvalue weighted by atomic mass is 10.2. The first-order valence-corrected chi connectivity index (χ1v) is 6.37. The second kappa shape index (κ2) is 7.65. The summed E-state index contributed by atoms with van der Waals surface area (Å²) in [5.74, 6) is 1.78. The van der Waals surface area contributed by atoms with Crippen LogP contribution in [0.2, 0.25) is 0 Å². The van der Waals surface area contributed by atoms with Crippen molar-refractivity contribution >= 4 is 11.8 Å². The average Bonchev–Trinajstić information content (AvgIpc) is 2.28. The van der Waals surface area contributed by atoms with Gasteiger partial charge in [0.1, 0.15) is 5.82 Å². The van der Waals surface area contributed by atoms with Gasteiger partial charge in [-0.1, -0.05) is 13.3 Å². The smallest absolute Gasteiger partial charge is 0.128 e. The zero-order valence-corrected chi connectivity index (χ0v) is 9.92. The molecule has 0 aromatic carbocycles. The van der Waals surface area contributed by atoms with Crippen molar-refractivity contribution in [3.8, 4) is 0 Å². The highest BCUT2D eigenvalue weighted by Crippen LogP contribution is 2.16. The summed E-state index contributed by atoms with van der Waals surface area (Å²) in [6.07, 6.45) is 7.69. The summed E-state index contributed by atoms with van der Waals surface area (Å²) in [5, 5.41) is 10.2. The lowest BCUT2D eigenvalue weighted by Crippen LogP contribution is -1.94. The summed E-state index contributed by atoms with van der Waals surface area (Å²) in [6, 6.07) is 0. The molecule has 0 fully saturated rings. The second-order valence-corrected chi connectivity index (χ2v) is 4.51. The quantitative estimate of drug-likeness (QED) is 0.529. The molecule has 0 bridgehead atoms. The molecule has 3 nitrogen and oxygen atoms in total. The SMILES string of the molecule is CCCCc1ncc(SCCC[O])cn1. The third-order valence-corrected chi connectivity index (χ3v) is 3.03. The van der Waals surface area contributed by atoms with Crippen molar-refractivity contribution in [2.24, 2.45) is 0 Å². The van der Waals surface area contributed by atoms with E-state index < -0.39 is 0 Å². The van der Waals surface area contributed by atoms with E-state index in [2.05, 4.69) is 16.9 Å². The van der Waals surface area contributed by atoms with Crippen LogP contribution in [0.3, 0.4) is 0 Å². The molecule has 0 atom stereocenters. The summed E-state index contributed by atoms with van der Waals surface area (Å²) < 4.78 is 0. The van der Waals surface area contributed by atoms with E-state index in [0.717, 1.165) is 29.3 Å². The normalized spacial score (nSPS) is 10.5. The van der Waals surface area contributed by atoms with E-state index >= 15 is 0 Å². The first kappa shape index (κ1) is 12.5. The topological polar surface area (TPSA) is 45.7 Å². The van der Waals surface area contributed by atoms with Gasteiger partial charge in [0.05, 0.1) is 6.61 Å². The number of rotatable bonds is 7. The number of aromatic nitrogens is 2. The molecule has 0 N–H and O–H groups in total. The highest BCUT2D eigenvalue weighted by molar-refractivity contribution is 7.99. The molecule has 0 unspecified atom stereocenters. The lowest BCUT2D eigenvalue weighted by molar-refractivity contribution is 0.194. The van der Waals surface area contributed by atoms with Gasteiger partial charge in [-0.3, -0.25) is 0 Å². The van der Waals surface area contributed by atoms with Gasteiger partial charge in [-0.2, -0.15) is 0 Å². The van der Waals surface area contributed by atoms with Crippen molar-refractivity contribution in [3.05, 3.63) is 18.2 Å². The van der Waals surface area contributed by atoms with E-state index in [9.17, 15) is 5.11 Å². The molecule has 0 saturated heterocycles. The Morgan fingerprint density at radius 1 is 1.27 bits per heavy atom. The zero-order chi connectivity index (χ0) is 10.9. The molecule has 0 amide bonds. The van der Waals surface area contributed by atoms with Crippen LogP contribution in [0.5, 0.6) is 0 Å². The van der Waals surface area contributed by atoms with Crippen molar-refractivity contribution < 1.29 is 5.11 Å². The minimum atomic E-state index is 0.00242. The number of hydrogen-bond acceptors (Lipinski definition) is 3. The number of aryl methyl sites for hydroxylation is 1. The third kappa shape index (κ3) is 5.14. The predicted octanol–water partition coefficient (Wildman–Crippen LogP) is 2.73. The Bertz CT molecular complexity index is 264. The fourth-order valence-electron chi connectivity index (χ4n) is 1.13. The Morgan fingerprint density at radius 2 is 2.00 bits per heavy atom. The van der Waals surface area contributed by atoms with E-state index in [1.54, 1.807) is 11.8 Å². The van der Waals surface area contributed by atoms with Crippen molar-refractivity contribution in [1.29, 1.82) is 0 Å². The van der Waals surface area contributed by atoms with Gasteiger partial charge in [0.15, 0.2) is 0 Å². The summed E-state index contributed by atoms with van der Waals surface area (Å²) in [5.41, 5.74) is 0. The molecular formula is C11H17N2OS. The molecule has 0 aliphatic carbocycles. The fourth-order valence-corrected chi connectivity index (χ4v) is 1.88. The molecule has 0 aliphatic heterocycles. The van der Waals surface area contributed by atoms with E-state index in [4.69, 9.17) is 0 Å². The molecule has 1 heterocycles. The van der Waals surface area contributed by atoms with Crippen molar-refractivity contribution in [2.75, 3.05) is 12.4 Å². The molecule has 0 saturated carbocycles. The Balaban J connectivity index is 2.35. The van der Waals surface area contributed by atoms with Crippen molar-refractivity contribution in [1.82, 2.24) is 9.97 Å². The van der Waals surface area contributed by atoms with E-state index in [-0.39, 0.29) is 6.61 Å². The largest absolute Gasteiger partial charge is 0.240 e. The van der Waals surface area contributed by atoms with Gasteiger partial charge in [0, 0.05) is 29.5 Å². The van der Waals surface area contributed by atoms with Crippen molar-refractivity contribution in [3.63, 3.8) is 0 Å². The maximum atomic E-state index is 10.2. The maximum Gasteiger partial charge on any atom is 0.128 e. The molecule has 0 aliphatic rings. The highest BCUT2D eigenvalue weighted by Gasteiger charge is 1.98. The Labute approximate surface area is 95.3 Å². The lowest BCUT2D eigenvalue weighted by Gasteiger charge is -2.01. The molecule has 1 aromatic rings. The van der Waals surface area contributed by atoms with Gasteiger partial charge in [-0.05, 0) is 12.8 Å². The second-order valence-electron chi connectivity index (χ2n) is 3.34. The monoisotopic (exact) mass is 225 g/mol. The minimum Gasteiger partial charge on any atom is -0.240 e. The Kier molecular flexibility index (Phi) is 6.36. The van der Waals surface area contributed by atoms with E-state index in [1.165, 1.54) is 6.42 Å². The number of unbranched alkanes of at least 4 members (excludes halogenated alkanes) is 1. The maximum absolute atomic E-state index is 10.2. The molecule has 0 spiro atoms. The molecule has 1 aromatic heterocycles. The first-order valence-electron chi connectivity index (χ1n) is 5.38. The van der Waals surface area contributed by atoms with Crippen LogP contribution in [0, 0.1) is 0 Å². The first-order chi connectivity index (χ1) is 7.36. The Hall–Kier alpha value is -0.610. The number of thioether (sulfide) groups is 1. The third-order valence-electron chi connectivity index (χ3n) is 1.99. The molecule has 1 rings (SSSR count). The van der Waals surface area contributed by atoms with Crippen molar-refractivity contribution in [2.45, 2.75) is 37.5 Å². The molecule has 1 radical (unpaired) electrons. The van der Waals surface area contributed by atoms with Crippen LogP contribution >= 0.6 is 11.8 Å². The zero-order valence-electron chi connectivity index (χ0n) is 9.11. The van der Waals surface area contributed by atoms with Crippen LogP contribution in [0.1, 0.15) is 32.0 Å². The van der Waals surface area contributed by atoms with Gasteiger partial charge < -0.3 is 0 Å². The molecule has 15 heavy (non-hydrogen) atoms. The van der Waals surface area contributed by atoms with Crippen LogP contribution in [0.15, 0.2) is 17.3 Å². The number of hydrogen-bond donors (Lipinski definition) is 0. The summed E-state index contributed by atoms with van der Waals surface area (Å²) in [4.78, 5) is 9.63. The van der Waals surface area contributed by atoms with E-state index in [0.29, 0.717) is 6.42 Å². The van der Waals surface area contributed by atoms with Crippen LogP contribution in [-0.4, -0.2) is 22.3 Å². The van der Waals surface area contributed by atoms with Gasteiger partial charge in [-0.15, -0.1) is 11.8 Å². The molecular weight excluding hydrogens is 208 g/mol. The predicted molar refractivity (Wildman–Crippen MR) is 61.5 cm³/mol. The molecule has 4 heteroatoms.